The van der Waals surface area contributed by atoms with Crippen LogP contribution >= 0.6 is 11.8 Å². The van der Waals surface area contributed by atoms with Crippen molar-refractivity contribution in [2.24, 2.45) is 5.92 Å². The van der Waals surface area contributed by atoms with Crippen LogP contribution in [0, 0.1) is 28.6 Å². The molecule has 0 unspecified atom stereocenters. The van der Waals surface area contributed by atoms with Gasteiger partial charge in [-0.15, -0.1) is 0 Å². The molecule has 5 nitrogen and oxygen atoms in total. The molecule has 0 spiro atoms. The Balaban J connectivity index is 2.16. The molecule has 1 heterocycles. The fourth-order valence-electron chi connectivity index (χ4n) is 1.45. The maximum absolute atomic E-state index is 11.6. The molecule has 6 heteroatoms. The van der Waals surface area contributed by atoms with E-state index in [0.29, 0.717) is 10.8 Å². The zero-order chi connectivity index (χ0) is 13.1. The number of carbonyl (C=O) groups is 1. The van der Waals surface area contributed by atoms with Crippen LogP contribution < -0.4 is 5.73 Å². The Labute approximate surface area is 109 Å². The average molecular weight is 258 g/mol. The van der Waals surface area contributed by atoms with Gasteiger partial charge in [-0.1, -0.05) is 11.8 Å². The molecule has 1 aliphatic rings. The summed E-state index contributed by atoms with van der Waals surface area (Å²) in [6, 6.07) is 5.25. The van der Waals surface area contributed by atoms with Gasteiger partial charge in [-0.3, -0.25) is 4.79 Å². The van der Waals surface area contributed by atoms with Gasteiger partial charge in [-0.2, -0.15) is 10.5 Å². The van der Waals surface area contributed by atoms with E-state index in [9.17, 15) is 4.79 Å². The molecule has 18 heavy (non-hydrogen) atoms. The molecule has 90 valence electrons. The lowest BCUT2D eigenvalue weighted by Crippen LogP contribution is -2.05. The lowest BCUT2D eigenvalue weighted by atomic mass is 10.2. The Hall–Kier alpha value is -2.05. The van der Waals surface area contributed by atoms with Gasteiger partial charge in [0.25, 0.3) is 0 Å². The van der Waals surface area contributed by atoms with Gasteiger partial charge in [0.1, 0.15) is 28.8 Å². The van der Waals surface area contributed by atoms with Crippen molar-refractivity contribution in [3.8, 4) is 12.1 Å². The third-order valence-electron chi connectivity index (χ3n) is 2.64. The second kappa shape index (κ2) is 5.07. The molecule has 1 saturated carbocycles. The molecule has 0 radical (unpaired) electrons. The summed E-state index contributed by atoms with van der Waals surface area (Å²) in [5, 5.41) is 18.2. The summed E-state index contributed by atoms with van der Waals surface area (Å²) in [6.45, 7) is 0. The van der Waals surface area contributed by atoms with Gasteiger partial charge in [-0.25, -0.2) is 4.98 Å². The number of ketones is 1. The van der Waals surface area contributed by atoms with E-state index >= 15 is 0 Å². The highest BCUT2D eigenvalue weighted by Crippen LogP contribution is 2.32. The van der Waals surface area contributed by atoms with Crippen LogP contribution in [0.4, 0.5) is 5.82 Å². The molecule has 0 aromatic carbocycles. The first-order valence-corrected chi connectivity index (χ1v) is 6.40. The van der Waals surface area contributed by atoms with Crippen LogP contribution in [0.5, 0.6) is 0 Å². The van der Waals surface area contributed by atoms with E-state index in [-0.39, 0.29) is 28.6 Å². The molecular weight excluding hydrogens is 248 g/mol. The third-order valence-corrected chi connectivity index (χ3v) is 3.66. The van der Waals surface area contributed by atoms with E-state index in [4.69, 9.17) is 16.3 Å². The zero-order valence-electron chi connectivity index (χ0n) is 9.51. The largest absolute Gasteiger partial charge is 0.383 e. The van der Waals surface area contributed by atoms with E-state index < -0.39 is 0 Å². The number of thioether (sulfide) groups is 1. The monoisotopic (exact) mass is 258 g/mol. The van der Waals surface area contributed by atoms with Crippen molar-refractivity contribution in [3.05, 3.63) is 17.2 Å². The van der Waals surface area contributed by atoms with Crippen LogP contribution in [0.25, 0.3) is 0 Å². The molecule has 1 aromatic heterocycles. The number of anilines is 1. The minimum Gasteiger partial charge on any atom is -0.383 e. The van der Waals surface area contributed by atoms with Crippen molar-refractivity contribution in [1.29, 1.82) is 10.5 Å². The summed E-state index contributed by atoms with van der Waals surface area (Å²) in [5.74, 6) is 0.780. The Morgan fingerprint density at radius 3 is 2.67 bits per heavy atom. The number of nitrogens with zero attached hydrogens (tertiary/aromatic N) is 3. The molecule has 0 saturated heterocycles. The molecule has 0 bridgehead atoms. The number of Topliss-reactive ketones (excluding diaryl/α,β-unsaturated/α-hetero) is 1. The van der Waals surface area contributed by atoms with E-state index in [1.165, 1.54) is 17.8 Å². The molecule has 1 fully saturated rings. The van der Waals surface area contributed by atoms with Crippen LogP contribution in [-0.4, -0.2) is 16.5 Å². The fraction of sp³-hybridized carbons (Fsp3) is 0.333. The summed E-state index contributed by atoms with van der Waals surface area (Å²) in [5.41, 5.74) is 6.06. The van der Waals surface area contributed by atoms with Crippen molar-refractivity contribution in [3.63, 3.8) is 0 Å². The molecule has 0 aliphatic heterocycles. The standard InChI is InChI=1S/C12H10N4OS/c13-4-8-3-9(5-14)12(16-11(8)15)18-6-10(17)7-1-2-7/h3,7H,1-2,6H2,(H2,15,16). The van der Waals surface area contributed by atoms with E-state index in [1.807, 2.05) is 12.1 Å². The minimum atomic E-state index is 0.0953. The highest BCUT2D eigenvalue weighted by atomic mass is 32.2. The van der Waals surface area contributed by atoms with Gasteiger partial charge in [-0.05, 0) is 18.9 Å². The van der Waals surface area contributed by atoms with Crippen LogP contribution in [0.15, 0.2) is 11.1 Å². The predicted octanol–water partition coefficient (Wildman–Crippen LogP) is 1.48. The van der Waals surface area contributed by atoms with Gasteiger partial charge in [0.15, 0.2) is 0 Å². The number of carbonyl (C=O) groups excluding carboxylic acids is 1. The van der Waals surface area contributed by atoms with E-state index in [1.54, 1.807) is 0 Å². The molecule has 0 atom stereocenters. The Bertz CT molecular complexity index is 581. The Morgan fingerprint density at radius 2 is 2.11 bits per heavy atom. The maximum Gasteiger partial charge on any atom is 0.146 e. The van der Waals surface area contributed by atoms with Crippen molar-refractivity contribution in [2.75, 3.05) is 11.5 Å². The van der Waals surface area contributed by atoms with E-state index in [0.717, 1.165) is 12.8 Å². The summed E-state index contributed by atoms with van der Waals surface area (Å²) in [7, 11) is 0. The molecule has 0 amide bonds. The van der Waals surface area contributed by atoms with Gasteiger partial charge in [0.05, 0.1) is 16.9 Å². The minimum absolute atomic E-state index is 0.0953. The number of rotatable bonds is 4. The number of hydrogen-bond acceptors (Lipinski definition) is 6. The molecular formula is C12H10N4OS. The highest BCUT2D eigenvalue weighted by Gasteiger charge is 2.29. The first-order chi connectivity index (χ1) is 8.65. The lowest BCUT2D eigenvalue weighted by molar-refractivity contribution is -0.117. The second-order valence-electron chi connectivity index (χ2n) is 4.03. The molecule has 2 N–H and O–H groups in total. The first kappa shape index (κ1) is 12.4. The summed E-state index contributed by atoms with van der Waals surface area (Å²) >= 11 is 1.21. The number of nitriles is 2. The van der Waals surface area contributed by atoms with Gasteiger partial charge in [0, 0.05) is 5.92 Å². The first-order valence-electron chi connectivity index (χ1n) is 5.42. The zero-order valence-corrected chi connectivity index (χ0v) is 10.3. The number of aromatic nitrogens is 1. The van der Waals surface area contributed by atoms with Crippen molar-refractivity contribution >= 4 is 23.4 Å². The van der Waals surface area contributed by atoms with Crippen LogP contribution in [0.3, 0.4) is 0 Å². The average Bonchev–Trinajstić information content (AvgIpc) is 3.20. The van der Waals surface area contributed by atoms with Gasteiger partial charge >= 0.3 is 0 Å². The molecule has 1 aromatic rings. The van der Waals surface area contributed by atoms with Crippen molar-refractivity contribution in [1.82, 2.24) is 4.98 Å². The maximum atomic E-state index is 11.6. The highest BCUT2D eigenvalue weighted by molar-refractivity contribution is 8.00. The second-order valence-corrected chi connectivity index (χ2v) is 4.99. The summed E-state index contributed by atoms with van der Waals surface area (Å²) in [4.78, 5) is 15.6. The van der Waals surface area contributed by atoms with Crippen LogP contribution in [0.1, 0.15) is 24.0 Å². The number of pyridine rings is 1. The smallest absolute Gasteiger partial charge is 0.146 e. The van der Waals surface area contributed by atoms with Crippen LogP contribution in [0.2, 0.25) is 0 Å². The SMILES string of the molecule is N#Cc1cc(C#N)c(SCC(=O)C2CC2)nc1N. The van der Waals surface area contributed by atoms with E-state index in [2.05, 4.69) is 4.98 Å². The summed E-state index contributed by atoms with van der Waals surface area (Å²) < 4.78 is 0. The normalized spacial score (nSPS) is 13.7. The van der Waals surface area contributed by atoms with Crippen LogP contribution in [-0.2, 0) is 4.79 Å². The quantitative estimate of drug-likeness (QED) is 0.820. The number of hydrogen-bond donors (Lipinski definition) is 1. The molecule has 2 rings (SSSR count). The molecule has 1 aliphatic carbocycles. The number of nitrogen functional groups attached to an aromatic ring is 1. The third kappa shape index (κ3) is 2.61. The fourth-order valence-corrected chi connectivity index (χ4v) is 2.39. The Kier molecular flexibility index (Phi) is 3.50. The van der Waals surface area contributed by atoms with Crippen molar-refractivity contribution < 1.29 is 4.79 Å². The summed E-state index contributed by atoms with van der Waals surface area (Å²) in [6.07, 6.45) is 1.93. The van der Waals surface area contributed by atoms with Gasteiger partial charge < -0.3 is 5.73 Å². The van der Waals surface area contributed by atoms with Gasteiger partial charge in [0.2, 0.25) is 0 Å². The lowest BCUT2D eigenvalue weighted by Gasteiger charge is -2.04. The van der Waals surface area contributed by atoms with Crippen molar-refractivity contribution in [2.45, 2.75) is 17.9 Å². The Morgan fingerprint density at radius 1 is 1.44 bits per heavy atom. The number of nitrogens with two attached hydrogens (primary N) is 1. The topological polar surface area (TPSA) is 104 Å². The predicted molar refractivity (Wildman–Crippen MR) is 66.5 cm³/mol.